The van der Waals surface area contributed by atoms with Crippen molar-refractivity contribution in [3.05, 3.63) is 44.6 Å². The van der Waals surface area contributed by atoms with Crippen molar-refractivity contribution < 1.29 is 4.74 Å². The quantitative estimate of drug-likeness (QED) is 0.881. The summed E-state index contributed by atoms with van der Waals surface area (Å²) in [6.45, 7) is 3.13. The number of aryl methyl sites for hydroxylation is 2. The van der Waals surface area contributed by atoms with Crippen LogP contribution in [0.3, 0.4) is 0 Å². The van der Waals surface area contributed by atoms with E-state index in [0.29, 0.717) is 18.3 Å². The summed E-state index contributed by atoms with van der Waals surface area (Å²) in [5.74, 6) is 0. The standard InChI is InChI=1S/C14H17BrClN3O/c1-9-10(14(16)19(2)18-9)7-17-13-6-4-5-12(15)11(13)8-20-3/h4-6,17H,7-8H2,1-3H3. The third-order valence-electron chi connectivity index (χ3n) is 3.13. The van der Waals surface area contributed by atoms with Crippen molar-refractivity contribution in [1.29, 1.82) is 0 Å². The van der Waals surface area contributed by atoms with Crippen LogP contribution in [0.1, 0.15) is 16.8 Å². The second-order valence-electron chi connectivity index (χ2n) is 4.53. The van der Waals surface area contributed by atoms with Gasteiger partial charge < -0.3 is 10.1 Å². The monoisotopic (exact) mass is 357 g/mol. The van der Waals surface area contributed by atoms with Crippen LogP contribution in [0.25, 0.3) is 0 Å². The van der Waals surface area contributed by atoms with E-state index in [9.17, 15) is 0 Å². The maximum absolute atomic E-state index is 6.24. The second-order valence-corrected chi connectivity index (χ2v) is 5.74. The van der Waals surface area contributed by atoms with E-state index in [0.717, 1.165) is 27.0 Å². The first-order valence-corrected chi connectivity index (χ1v) is 7.39. The molecule has 1 aromatic heterocycles. The number of hydrogen-bond acceptors (Lipinski definition) is 3. The average molecular weight is 359 g/mol. The Hall–Kier alpha value is -1.04. The predicted octanol–water partition coefficient (Wildman–Crippen LogP) is 3.90. The summed E-state index contributed by atoms with van der Waals surface area (Å²) < 4.78 is 7.95. The topological polar surface area (TPSA) is 39.1 Å². The summed E-state index contributed by atoms with van der Waals surface area (Å²) in [6.07, 6.45) is 0. The zero-order chi connectivity index (χ0) is 14.7. The van der Waals surface area contributed by atoms with E-state index in [2.05, 4.69) is 26.3 Å². The van der Waals surface area contributed by atoms with Crippen LogP contribution in [-0.2, 0) is 24.9 Å². The zero-order valence-electron chi connectivity index (χ0n) is 11.7. The number of hydrogen-bond donors (Lipinski definition) is 1. The van der Waals surface area contributed by atoms with Crippen molar-refractivity contribution in [1.82, 2.24) is 9.78 Å². The van der Waals surface area contributed by atoms with Crippen LogP contribution >= 0.6 is 27.5 Å². The first-order valence-electron chi connectivity index (χ1n) is 6.22. The Kier molecular flexibility index (Phi) is 5.07. The van der Waals surface area contributed by atoms with E-state index in [1.165, 1.54) is 0 Å². The van der Waals surface area contributed by atoms with Gasteiger partial charge in [0.15, 0.2) is 0 Å². The fourth-order valence-electron chi connectivity index (χ4n) is 2.07. The first-order chi connectivity index (χ1) is 9.54. The lowest BCUT2D eigenvalue weighted by Gasteiger charge is -2.13. The molecular formula is C14H17BrClN3O. The third-order valence-corrected chi connectivity index (χ3v) is 4.35. The second kappa shape index (κ2) is 6.61. The van der Waals surface area contributed by atoms with Gasteiger partial charge in [-0.25, -0.2) is 0 Å². The van der Waals surface area contributed by atoms with Crippen molar-refractivity contribution in [3.8, 4) is 0 Å². The number of ether oxygens (including phenoxy) is 1. The molecule has 0 saturated carbocycles. The van der Waals surface area contributed by atoms with Gasteiger partial charge in [0.05, 0.1) is 12.3 Å². The summed E-state index contributed by atoms with van der Waals surface area (Å²) >= 11 is 9.78. The fourth-order valence-corrected chi connectivity index (χ4v) is 2.80. The molecule has 0 saturated heterocycles. The summed E-state index contributed by atoms with van der Waals surface area (Å²) in [5, 5.41) is 8.38. The molecule has 1 N–H and O–H groups in total. The van der Waals surface area contributed by atoms with Crippen LogP contribution in [0.2, 0.25) is 5.15 Å². The highest BCUT2D eigenvalue weighted by atomic mass is 79.9. The highest BCUT2D eigenvalue weighted by Gasteiger charge is 2.12. The van der Waals surface area contributed by atoms with Gasteiger partial charge in [0, 0.05) is 42.0 Å². The number of benzene rings is 1. The molecule has 0 aliphatic heterocycles. The normalized spacial score (nSPS) is 10.8. The largest absolute Gasteiger partial charge is 0.380 e. The molecule has 0 fully saturated rings. The van der Waals surface area contributed by atoms with Crippen LogP contribution < -0.4 is 5.32 Å². The Morgan fingerprint density at radius 1 is 1.40 bits per heavy atom. The Balaban J connectivity index is 2.21. The van der Waals surface area contributed by atoms with Gasteiger partial charge >= 0.3 is 0 Å². The van der Waals surface area contributed by atoms with Crippen molar-refractivity contribution >= 4 is 33.2 Å². The minimum absolute atomic E-state index is 0.545. The number of methoxy groups -OCH3 is 1. The Morgan fingerprint density at radius 2 is 2.15 bits per heavy atom. The Morgan fingerprint density at radius 3 is 2.75 bits per heavy atom. The molecule has 1 heterocycles. The molecule has 0 radical (unpaired) electrons. The Bertz CT molecular complexity index is 613. The maximum atomic E-state index is 6.24. The number of anilines is 1. The lowest BCUT2D eigenvalue weighted by atomic mass is 10.1. The molecule has 2 rings (SSSR count). The molecule has 6 heteroatoms. The van der Waals surface area contributed by atoms with Gasteiger partial charge in [0.1, 0.15) is 5.15 Å². The summed E-state index contributed by atoms with van der Waals surface area (Å²) in [4.78, 5) is 0. The van der Waals surface area contributed by atoms with Gasteiger partial charge in [-0.1, -0.05) is 33.6 Å². The molecule has 0 spiro atoms. The van der Waals surface area contributed by atoms with Crippen molar-refractivity contribution in [2.75, 3.05) is 12.4 Å². The highest BCUT2D eigenvalue weighted by Crippen LogP contribution is 2.27. The van der Waals surface area contributed by atoms with E-state index in [1.54, 1.807) is 11.8 Å². The van der Waals surface area contributed by atoms with Gasteiger partial charge in [-0.15, -0.1) is 0 Å². The molecule has 0 aliphatic rings. The minimum Gasteiger partial charge on any atom is -0.380 e. The lowest BCUT2D eigenvalue weighted by Crippen LogP contribution is -2.04. The number of nitrogens with one attached hydrogen (secondary N) is 1. The van der Waals surface area contributed by atoms with Crippen LogP contribution in [0, 0.1) is 6.92 Å². The maximum Gasteiger partial charge on any atom is 0.131 e. The summed E-state index contributed by atoms with van der Waals surface area (Å²) in [7, 11) is 3.53. The van der Waals surface area contributed by atoms with Gasteiger partial charge in [0.2, 0.25) is 0 Å². The van der Waals surface area contributed by atoms with Crippen LogP contribution in [0.4, 0.5) is 5.69 Å². The van der Waals surface area contributed by atoms with Gasteiger partial charge in [-0.05, 0) is 19.1 Å². The van der Waals surface area contributed by atoms with Gasteiger partial charge in [-0.3, -0.25) is 4.68 Å². The zero-order valence-corrected chi connectivity index (χ0v) is 14.0. The van der Waals surface area contributed by atoms with E-state index < -0.39 is 0 Å². The number of halogens is 2. The van der Waals surface area contributed by atoms with E-state index >= 15 is 0 Å². The molecule has 108 valence electrons. The average Bonchev–Trinajstić information content (AvgIpc) is 2.65. The van der Waals surface area contributed by atoms with Crippen molar-refractivity contribution in [3.63, 3.8) is 0 Å². The van der Waals surface area contributed by atoms with E-state index in [1.807, 2.05) is 32.2 Å². The third kappa shape index (κ3) is 3.16. The smallest absolute Gasteiger partial charge is 0.131 e. The SMILES string of the molecule is COCc1c(Br)cccc1NCc1c(C)nn(C)c1Cl. The molecule has 2 aromatic rings. The van der Waals surface area contributed by atoms with Crippen LogP contribution in [0.5, 0.6) is 0 Å². The molecule has 4 nitrogen and oxygen atoms in total. The predicted molar refractivity (Wildman–Crippen MR) is 85.1 cm³/mol. The first kappa shape index (κ1) is 15.4. The van der Waals surface area contributed by atoms with Crippen LogP contribution in [-0.4, -0.2) is 16.9 Å². The van der Waals surface area contributed by atoms with E-state index in [4.69, 9.17) is 16.3 Å². The molecule has 0 aliphatic carbocycles. The fraction of sp³-hybridized carbons (Fsp3) is 0.357. The molecule has 0 atom stereocenters. The number of nitrogens with zero attached hydrogens (tertiary/aromatic N) is 2. The summed E-state index contributed by atoms with van der Waals surface area (Å²) in [5.41, 5.74) is 4.07. The molecule has 1 aromatic carbocycles. The molecule has 0 unspecified atom stereocenters. The molecule has 0 bridgehead atoms. The van der Waals surface area contributed by atoms with E-state index in [-0.39, 0.29) is 0 Å². The van der Waals surface area contributed by atoms with Crippen molar-refractivity contribution in [2.45, 2.75) is 20.1 Å². The summed E-state index contributed by atoms with van der Waals surface area (Å²) in [6, 6.07) is 6.02. The minimum atomic E-state index is 0.545. The van der Waals surface area contributed by atoms with Gasteiger partial charge in [-0.2, -0.15) is 5.10 Å². The number of rotatable bonds is 5. The van der Waals surface area contributed by atoms with Gasteiger partial charge in [0.25, 0.3) is 0 Å². The number of aromatic nitrogens is 2. The molecular weight excluding hydrogens is 342 g/mol. The highest BCUT2D eigenvalue weighted by molar-refractivity contribution is 9.10. The Labute approximate surface area is 132 Å². The van der Waals surface area contributed by atoms with Crippen molar-refractivity contribution in [2.24, 2.45) is 7.05 Å². The molecule has 0 amide bonds. The lowest BCUT2D eigenvalue weighted by molar-refractivity contribution is 0.185. The molecule has 20 heavy (non-hydrogen) atoms. The van der Waals surface area contributed by atoms with Crippen LogP contribution in [0.15, 0.2) is 22.7 Å².